The van der Waals surface area contributed by atoms with E-state index in [2.05, 4.69) is 19.9 Å². The van der Waals surface area contributed by atoms with Gasteiger partial charge in [0.2, 0.25) is 0 Å². The second-order valence-electron chi connectivity index (χ2n) is 4.32. The predicted octanol–water partition coefficient (Wildman–Crippen LogP) is 2.61. The molecule has 7 heteroatoms. The number of benzene rings is 1. The number of imidazole rings is 1. The van der Waals surface area contributed by atoms with E-state index in [1.54, 1.807) is 18.5 Å². The smallest absolute Gasteiger partial charge is 0.350 e. The average molecular weight is 296 g/mol. The van der Waals surface area contributed by atoms with Gasteiger partial charge in [0.15, 0.2) is 5.65 Å². The van der Waals surface area contributed by atoms with Gasteiger partial charge in [-0.25, -0.2) is 19.7 Å². The Bertz CT molecular complexity index is 1010. The lowest BCUT2D eigenvalue weighted by atomic mass is 10.2. The van der Waals surface area contributed by atoms with Crippen LogP contribution in [0.15, 0.2) is 62.1 Å². The van der Waals surface area contributed by atoms with Gasteiger partial charge in [0.1, 0.15) is 27.3 Å². The van der Waals surface area contributed by atoms with E-state index in [9.17, 15) is 4.79 Å². The molecule has 3 aromatic heterocycles. The molecule has 0 aliphatic carbocycles. The Kier molecular flexibility index (Phi) is 2.71. The van der Waals surface area contributed by atoms with Crippen LogP contribution in [-0.4, -0.2) is 19.9 Å². The van der Waals surface area contributed by atoms with Crippen LogP contribution >= 0.6 is 11.8 Å². The molecule has 0 amide bonds. The highest BCUT2D eigenvalue weighted by Crippen LogP contribution is 2.29. The van der Waals surface area contributed by atoms with Crippen LogP contribution in [0.25, 0.3) is 22.1 Å². The number of aromatic amines is 1. The highest BCUT2D eigenvalue weighted by atomic mass is 32.2. The fourth-order valence-corrected chi connectivity index (χ4v) is 2.91. The summed E-state index contributed by atoms with van der Waals surface area (Å²) in [5, 5.41) is 1.51. The summed E-state index contributed by atoms with van der Waals surface area (Å²) in [6.45, 7) is 0. The van der Waals surface area contributed by atoms with E-state index in [4.69, 9.17) is 4.42 Å². The molecule has 6 nitrogen and oxygen atoms in total. The number of hydrogen-bond donors (Lipinski definition) is 1. The van der Waals surface area contributed by atoms with Crippen LogP contribution in [0.1, 0.15) is 0 Å². The molecule has 0 saturated carbocycles. The molecule has 0 aliphatic heterocycles. The van der Waals surface area contributed by atoms with Crippen molar-refractivity contribution in [1.29, 1.82) is 0 Å². The summed E-state index contributed by atoms with van der Waals surface area (Å²) >= 11 is 1.23. The maximum Gasteiger partial charge on any atom is 0.350 e. The van der Waals surface area contributed by atoms with Crippen LogP contribution in [0.2, 0.25) is 0 Å². The molecule has 0 bridgehead atoms. The molecule has 0 saturated heterocycles. The first-order valence-electron chi connectivity index (χ1n) is 6.16. The van der Waals surface area contributed by atoms with Crippen LogP contribution in [-0.2, 0) is 0 Å². The van der Waals surface area contributed by atoms with E-state index in [-0.39, 0.29) is 5.63 Å². The summed E-state index contributed by atoms with van der Waals surface area (Å²) < 4.78 is 5.31. The van der Waals surface area contributed by atoms with Crippen molar-refractivity contribution in [3.05, 3.63) is 53.4 Å². The number of H-pyrrole nitrogens is 1. The van der Waals surface area contributed by atoms with Crippen LogP contribution in [0, 0.1) is 0 Å². The van der Waals surface area contributed by atoms with Crippen LogP contribution < -0.4 is 5.63 Å². The lowest BCUT2D eigenvalue weighted by Crippen LogP contribution is -2.01. The third-order valence-corrected chi connectivity index (χ3v) is 4.01. The van der Waals surface area contributed by atoms with Gasteiger partial charge in [-0.05, 0) is 12.1 Å². The van der Waals surface area contributed by atoms with Gasteiger partial charge in [-0.15, -0.1) is 0 Å². The SMILES string of the molecule is O=c1oc2ccccc2cc1Sc1ncnc2nc[nH]c12. The van der Waals surface area contributed by atoms with Gasteiger partial charge >= 0.3 is 5.63 Å². The molecule has 0 unspecified atom stereocenters. The summed E-state index contributed by atoms with van der Waals surface area (Å²) in [5.41, 5.74) is 1.46. The zero-order valence-corrected chi connectivity index (χ0v) is 11.4. The van der Waals surface area contributed by atoms with Crippen LogP contribution in [0.3, 0.4) is 0 Å². The lowest BCUT2D eigenvalue weighted by molar-refractivity contribution is 0.544. The molecule has 0 atom stereocenters. The van der Waals surface area contributed by atoms with Crippen molar-refractivity contribution in [1.82, 2.24) is 19.9 Å². The molecule has 0 spiro atoms. The molecular weight excluding hydrogens is 288 g/mol. The second kappa shape index (κ2) is 4.71. The largest absolute Gasteiger partial charge is 0.422 e. The Hall–Kier alpha value is -2.67. The van der Waals surface area contributed by atoms with Gasteiger partial charge in [-0.3, -0.25) is 0 Å². The Morgan fingerprint density at radius 3 is 3.00 bits per heavy atom. The molecule has 4 rings (SSSR count). The molecule has 1 aromatic carbocycles. The Morgan fingerprint density at radius 1 is 1.14 bits per heavy atom. The third-order valence-electron chi connectivity index (χ3n) is 3.00. The summed E-state index contributed by atoms with van der Waals surface area (Å²) in [6, 6.07) is 9.19. The molecule has 102 valence electrons. The van der Waals surface area contributed by atoms with Crippen molar-refractivity contribution >= 4 is 33.9 Å². The molecule has 0 radical (unpaired) electrons. The first kappa shape index (κ1) is 12.1. The summed E-state index contributed by atoms with van der Waals surface area (Å²) in [5.74, 6) is 0. The highest BCUT2D eigenvalue weighted by molar-refractivity contribution is 7.99. The Balaban J connectivity index is 1.85. The first-order valence-corrected chi connectivity index (χ1v) is 6.98. The number of rotatable bonds is 2. The lowest BCUT2D eigenvalue weighted by Gasteiger charge is -2.02. The quantitative estimate of drug-likeness (QED) is 0.452. The third kappa shape index (κ3) is 2.07. The number of hydrogen-bond acceptors (Lipinski definition) is 6. The van der Waals surface area contributed by atoms with Gasteiger partial charge < -0.3 is 9.40 Å². The van der Waals surface area contributed by atoms with Crippen molar-refractivity contribution in [2.45, 2.75) is 9.92 Å². The van der Waals surface area contributed by atoms with E-state index < -0.39 is 0 Å². The molecule has 21 heavy (non-hydrogen) atoms. The number of fused-ring (bicyclic) bond motifs is 2. The highest BCUT2D eigenvalue weighted by Gasteiger charge is 2.12. The van der Waals surface area contributed by atoms with Gasteiger partial charge in [0.05, 0.1) is 6.33 Å². The van der Waals surface area contributed by atoms with E-state index in [1.165, 1.54) is 18.1 Å². The standard InChI is InChI=1S/C14H8N4O2S/c19-14-10(5-8-3-1-2-4-9(8)20-14)21-13-11-12(16-6-15-11)17-7-18-13/h1-7H,(H,15,16,17,18). The molecule has 4 aromatic rings. The van der Waals surface area contributed by atoms with Gasteiger partial charge in [-0.1, -0.05) is 30.0 Å². The minimum absolute atomic E-state index is 0.384. The fraction of sp³-hybridized carbons (Fsp3) is 0. The average Bonchev–Trinajstić information content (AvgIpc) is 2.97. The zero-order valence-electron chi connectivity index (χ0n) is 10.6. The predicted molar refractivity (Wildman–Crippen MR) is 78.3 cm³/mol. The zero-order chi connectivity index (χ0) is 14.2. The van der Waals surface area contributed by atoms with Crippen LogP contribution in [0.4, 0.5) is 0 Å². The second-order valence-corrected chi connectivity index (χ2v) is 5.35. The number of aromatic nitrogens is 4. The minimum atomic E-state index is -0.384. The van der Waals surface area contributed by atoms with Crippen molar-refractivity contribution < 1.29 is 4.42 Å². The topological polar surface area (TPSA) is 84.7 Å². The molecule has 0 fully saturated rings. The normalized spacial score (nSPS) is 11.2. The van der Waals surface area contributed by atoms with Crippen LogP contribution in [0.5, 0.6) is 0 Å². The number of para-hydroxylation sites is 1. The summed E-state index contributed by atoms with van der Waals surface area (Å²) in [4.78, 5) is 27.8. The van der Waals surface area contributed by atoms with E-state index in [1.807, 2.05) is 18.2 Å². The number of nitrogens with one attached hydrogen (secondary N) is 1. The molecule has 1 N–H and O–H groups in total. The monoisotopic (exact) mass is 296 g/mol. The Morgan fingerprint density at radius 2 is 2.05 bits per heavy atom. The molecule has 0 aliphatic rings. The van der Waals surface area contributed by atoms with Gasteiger partial charge in [0.25, 0.3) is 0 Å². The fourth-order valence-electron chi connectivity index (χ4n) is 2.04. The van der Waals surface area contributed by atoms with Crippen molar-refractivity contribution in [2.75, 3.05) is 0 Å². The maximum atomic E-state index is 12.1. The van der Waals surface area contributed by atoms with E-state index >= 15 is 0 Å². The summed E-state index contributed by atoms with van der Waals surface area (Å²) in [7, 11) is 0. The maximum absolute atomic E-state index is 12.1. The minimum Gasteiger partial charge on any atom is -0.422 e. The Labute approximate surface area is 122 Å². The van der Waals surface area contributed by atoms with Gasteiger partial charge in [0, 0.05) is 5.39 Å². The van der Waals surface area contributed by atoms with E-state index in [0.717, 1.165) is 5.39 Å². The van der Waals surface area contributed by atoms with Gasteiger partial charge in [-0.2, -0.15) is 0 Å². The molecule has 3 heterocycles. The van der Waals surface area contributed by atoms with Crippen molar-refractivity contribution in [3.8, 4) is 0 Å². The first-order chi connectivity index (χ1) is 10.3. The van der Waals surface area contributed by atoms with Crippen molar-refractivity contribution in [3.63, 3.8) is 0 Å². The van der Waals surface area contributed by atoms with Crippen molar-refractivity contribution in [2.24, 2.45) is 0 Å². The summed E-state index contributed by atoms with van der Waals surface area (Å²) in [6.07, 6.45) is 2.97. The molecular formula is C14H8N4O2S. The van der Waals surface area contributed by atoms with E-state index in [0.29, 0.717) is 26.7 Å². The number of nitrogens with zero attached hydrogens (tertiary/aromatic N) is 3.